The number of aliphatic carboxylic acids is 1. The first-order valence-electron chi connectivity index (χ1n) is 7.43. The number of aromatic nitrogens is 2. The summed E-state index contributed by atoms with van der Waals surface area (Å²) in [4.78, 5) is 24.3. The van der Waals surface area contributed by atoms with Gasteiger partial charge in [0.05, 0.1) is 11.3 Å². The van der Waals surface area contributed by atoms with Gasteiger partial charge in [-0.1, -0.05) is 25.7 Å². The van der Waals surface area contributed by atoms with Crippen LogP contribution in [-0.4, -0.2) is 32.3 Å². The zero-order valence-electron chi connectivity index (χ0n) is 12.9. The van der Waals surface area contributed by atoms with Crippen LogP contribution in [-0.2, 0) is 11.8 Å². The first-order chi connectivity index (χ1) is 9.87. The number of carbonyl (C=O) groups excluding carboxylic acids is 1. The van der Waals surface area contributed by atoms with Crippen molar-refractivity contribution >= 4 is 11.9 Å². The van der Waals surface area contributed by atoms with E-state index in [1.165, 1.54) is 0 Å². The Balaban J connectivity index is 2.28. The van der Waals surface area contributed by atoms with Crippen LogP contribution in [0.1, 0.15) is 60.3 Å². The highest BCUT2D eigenvalue weighted by Gasteiger charge is 2.40. The van der Waals surface area contributed by atoms with E-state index in [2.05, 4.69) is 10.4 Å². The fourth-order valence-electron chi connectivity index (χ4n) is 3.11. The summed E-state index contributed by atoms with van der Waals surface area (Å²) in [5, 5.41) is 16.6. The highest BCUT2D eigenvalue weighted by Crippen LogP contribution is 2.28. The number of rotatable bonds is 3. The summed E-state index contributed by atoms with van der Waals surface area (Å²) in [6, 6.07) is 0. The summed E-state index contributed by atoms with van der Waals surface area (Å²) in [5.74, 6) is -1.26. The molecule has 1 aromatic rings. The highest BCUT2D eigenvalue weighted by atomic mass is 16.4. The van der Waals surface area contributed by atoms with E-state index in [4.69, 9.17) is 0 Å². The lowest BCUT2D eigenvalue weighted by Crippen LogP contribution is -2.54. The van der Waals surface area contributed by atoms with Crippen LogP contribution in [0.25, 0.3) is 0 Å². The summed E-state index contributed by atoms with van der Waals surface area (Å²) in [6.07, 6.45) is 4.69. The Morgan fingerprint density at radius 1 is 1.19 bits per heavy atom. The van der Waals surface area contributed by atoms with Crippen molar-refractivity contribution in [3.63, 3.8) is 0 Å². The second-order valence-electron chi connectivity index (χ2n) is 5.93. The molecule has 0 radical (unpaired) electrons. The van der Waals surface area contributed by atoms with Gasteiger partial charge in [0.2, 0.25) is 0 Å². The second-order valence-corrected chi connectivity index (χ2v) is 5.93. The molecule has 0 atom stereocenters. The summed E-state index contributed by atoms with van der Waals surface area (Å²) in [7, 11) is 1.78. The maximum atomic E-state index is 12.6. The van der Waals surface area contributed by atoms with Gasteiger partial charge in [-0.2, -0.15) is 5.10 Å². The Labute approximate surface area is 124 Å². The smallest absolute Gasteiger partial charge is 0.329 e. The maximum Gasteiger partial charge on any atom is 0.329 e. The third-order valence-corrected chi connectivity index (χ3v) is 4.46. The SMILES string of the molecule is Cc1nn(C)c(C)c1C(=O)NC1(C(=O)O)CCCCCC1. The first-order valence-corrected chi connectivity index (χ1v) is 7.43. The van der Waals surface area contributed by atoms with E-state index in [1.54, 1.807) is 18.7 Å². The van der Waals surface area contributed by atoms with Crippen molar-refractivity contribution in [2.75, 3.05) is 0 Å². The predicted molar refractivity (Wildman–Crippen MR) is 78.2 cm³/mol. The van der Waals surface area contributed by atoms with Gasteiger partial charge in [0.15, 0.2) is 0 Å². The van der Waals surface area contributed by atoms with Crippen molar-refractivity contribution in [2.24, 2.45) is 7.05 Å². The topological polar surface area (TPSA) is 84.2 Å². The molecule has 1 amide bonds. The molecule has 0 aliphatic heterocycles. The van der Waals surface area contributed by atoms with Crippen LogP contribution in [0.15, 0.2) is 0 Å². The molecular formula is C15H23N3O3. The van der Waals surface area contributed by atoms with Gasteiger partial charge >= 0.3 is 5.97 Å². The van der Waals surface area contributed by atoms with Gasteiger partial charge < -0.3 is 10.4 Å². The summed E-state index contributed by atoms with van der Waals surface area (Å²) in [5.41, 5.74) is 0.727. The van der Waals surface area contributed by atoms with Gasteiger partial charge in [-0.05, 0) is 26.7 Å². The molecule has 0 aromatic carbocycles. The van der Waals surface area contributed by atoms with Crippen LogP contribution in [0, 0.1) is 13.8 Å². The third kappa shape index (κ3) is 2.94. The van der Waals surface area contributed by atoms with Crippen molar-refractivity contribution in [1.82, 2.24) is 15.1 Å². The molecule has 116 valence electrons. The van der Waals surface area contributed by atoms with Gasteiger partial charge in [0.25, 0.3) is 5.91 Å². The normalized spacial score (nSPS) is 18.0. The van der Waals surface area contributed by atoms with Gasteiger partial charge in [-0.3, -0.25) is 9.48 Å². The average molecular weight is 293 g/mol. The van der Waals surface area contributed by atoms with E-state index in [0.29, 0.717) is 24.1 Å². The van der Waals surface area contributed by atoms with E-state index in [0.717, 1.165) is 31.4 Å². The van der Waals surface area contributed by atoms with Crippen LogP contribution in [0.4, 0.5) is 0 Å². The molecule has 0 bridgehead atoms. The molecule has 6 heteroatoms. The number of nitrogens with one attached hydrogen (secondary N) is 1. The van der Waals surface area contributed by atoms with E-state index in [-0.39, 0.29) is 5.91 Å². The summed E-state index contributed by atoms with van der Waals surface area (Å²) in [6.45, 7) is 3.58. The molecule has 1 fully saturated rings. The third-order valence-electron chi connectivity index (χ3n) is 4.46. The van der Waals surface area contributed by atoms with Crippen molar-refractivity contribution in [2.45, 2.75) is 57.9 Å². The van der Waals surface area contributed by atoms with Crippen LogP contribution < -0.4 is 5.32 Å². The zero-order valence-corrected chi connectivity index (χ0v) is 12.9. The molecule has 21 heavy (non-hydrogen) atoms. The van der Waals surface area contributed by atoms with E-state index >= 15 is 0 Å². The molecule has 2 rings (SSSR count). The van der Waals surface area contributed by atoms with Gasteiger partial charge in [-0.15, -0.1) is 0 Å². The quantitative estimate of drug-likeness (QED) is 0.834. The number of carboxylic acids is 1. The second kappa shape index (κ2) is 5.87. The van der Waals surface area contributed by atoms with Crippen molar-refractivity contribution in [3.05, 3.63) is 17.0 Å². The average Bonchev–Trinajstić information content (AvgIpc) is 2.59. The number of nitrogens with zero attached hydrogens (tertiary/aromatic N) is 2. The minimum Gasteiger partial charge on any atom is -0.480 e. The number of hydrogen-bond donors (Lipinski definition) is 2. The lowest BCUT2D eigenvalue weighted by atomic mass is 9.89. The molecule has 0 spiro atoms. The highest BCUT2D eigenvalue weighted by molar-refractivity contribution is 5.99. The Morgan fingerprint density at radius 2 is 1.76 bits per heavy atom. The predicted octanol–water partition coefficient (Wildman–Crippen LogP) is 1.94. The van der Waals surface area contributed by atoms with Crippen LogP contribution in [0.5, 0.6) is 0 Å². The van der Waals surface area contributed by atoms with E-state index in [1.807, 2.05) is 6.92 Å². The first kappa shape index (κ1) is 15.5. The Hall–Kier alpha value is -1.85. The fraction of sp³-hybridized carbons (Fsp3) is 0.667. The molecule has 6 nitrogen and oxygen atoms in total. The molecule has 1 aromatic heterocycles. The largest absolute Gasteiger partial charge is 0.480 e. The molecule has 0 saturated heterocycles. The number of carbonyl (C=O) groups is 2. The number of hydrogen-bond acceptors (Lipinski definition) is 3. The summed E-state index contributed by atoms with van der Waals surface area (Å²) >= 11 is 0. The van der Waals surface area contributed by atoms with Crippen LogP contribution in [0.2, 0.25) is 0 Å². The molecule has 1 aliphatic carbocycles. The number of amides is 1. The molecule has 1 saturated carbocycles. The molecule has 1 heterocycles. The standard InChI is InChI=1S/C15H23N3O3/c1-10-12(11(2)18(3)17-10)13(19)16-15(14(20)21)8-6-4-5-7-9-15/h4-9H2,1-3H3,(H,16,19)(H,20,21). The summed E-state index contributed by atoms with van der Waals surface area (Å²) < 4.78 is 1.64. The van der Waals surface area contributed by atoms with Gasteiger partial charge in [0.1, 0.15) is 5.54 Å². The lowest BCUT2D eigenvalue weighted by Gasteiger charge is -2.29. The minimum absolute atomic E-state index is 0.331. The molecule has 2 N–H and O–H groups in total. The number of aryl methyl sites for hydroxylation is 2. The van der Waals surface area contributed by atoms with Gasteiger partial charge in [0, 0.05) is 12.7 Å². The van der Waals surface area contributed by atoms with Crippen molar-refractivity contribution in [3.8, 4) is 0 Å². The Kier molecular flexibility index (Phi) is 4.34. The monoisotopic (exact) mass is 293 g/mol. The lowest BCUT2D eigenvalue weighted by molar-refractivity contribution is -0.145. The maximum absolute atomic E-state index is 12.6. The van der Waals surface area contributed by atoms with Crippen molar-refractivity contribution in [1.29, 1.82) is 0 Å². The Morgan fingerprint density at radius 3 is 2.19 bits per heavy atom. The van der Waals surface area contributed by atoms with Crippen LogP contribution >= 0.6 is 0 Å². The van der Waals surface area contributed by atoms with Crippen LogP contribution in [0.3, 0.4) is 0 Å². The number of carboxylic acid groups (broad SMARTS) is 1. The molecule has 1 aliphatic rings. The van der Waals surface area contributed by atoms with Crippen molar-refractivity contribution < 1.29 is 14.7 Å². The van der Waals surface area contributed by atoms with E-state index < -0.39 is 11.5 Å². The molecule has 0 unspecified atom stereocenters. The minimum atomic E-state index is -1.14. The Bertz CT molecular complexity index is 555. The van der Waals surface area contributed by atoms with E-state index in [9.17, 15) is 14.7 Å². The fourth-order valence-corrected chi connectivity index (χ4v) is 3.11. The zero-order chi connectivity index (χ0) is 15.6. The molecular weight excluding hydrogens is 270 g/mol. The van der Waals surface area contributed by atoms with Gasteiger partial charge in [-0.25, -0.2) is 4.79 Å².